The predicted molar refractivity (Wildman–Crippen MR) is 46.1 cm³/mol. The normalized spacial score (nSPS) is 8.20. The van der Waals surface area contributed by atoms with Gasteiger partial charge in [-0.2, -0.15) is 0 Å². The number of rotatable bonds is 4. The molecule has 0 atom stereocenters. The third-order valence-corrected chi connectivity index (χ3v) is 1.21. The van der Waals surface area contributed by atoms with Crippen molar-refractivity contribution in [3.63, 3.8) is 0 Å². The van der Waals surface area contributed by atoms with Gasteiger partial charge in [0.1, 0.15) is 0 Å². The van der Waals surface area contributed by atoms with Gasteiger partial charge in [-0.1, -0.05) is 19.8 Å². The first-order valence-corrected chi connectivity index (χ1v) is 3.38. The Balaban J connectivity index is 0. The minimum absolute atomic E-state index is 0. The van der Waals surface area contributed by atoms with E-state index in [9.17, 15) is 4.79 Å². The second kappa shape index (κ2) is 8.53. The van der Waals surface area contributed by atoms with Crippen LogP contribution in [0.25, 0.3) is 0 Å². The number of carbonyl (C=O) groups excluding carboxylic acids is 1. The fourth-order valence-corrected chi connectivity index (χ4v) is 0.621. The first-order chi connectivity index (χ1) is 4.31. The zero-order chi connectivity index (χ0) is 7.11. The number of carbonyl (C=O) groups is 1. The van der Waals surface area contributed by atoms with Crippen molar-refractivity contribution >= 4 is 14.4 Å². The van der Waals surface area contributed by atoms with Gasteiger partial charge in [-0.3, -0.25) is 4.79 Å². The van der Waals surface area contributed by atoms with Crippen LogP contribution in [0.4, 0.5) is 0 Å². The Morgan fingerprint density at radius 2 is 2.00 bits per heavy atom. The van der Waals surface area contributed by atoms with Gasteiger partial charge in [0.2, 0.25) is 0 Å². The van der Waals surface area contributed by atoms with Crippen molar-refractivity contribution in [3.05, 3.63) is 0 Å². The maximum atomic E-state index is 10.5. The lowest BCUT2D eigenvalue weighted by Crippen LogP contribution is -1.98. The molecule has 0 aliphatic rings. The van der Waals surface area contributed by atoms with Crippen LogP contribution in [-0.2, 0) is 9.53 Å². The van der Waals surface area contributed by atoms with E-state index in [-0.39, 0.29) is 14.4 Å². The fourth-order valence-electron chi connectivity index (χ4n) is 0.621. The molecule has 0 aromatic heterocycles. The van der Waals surface area contributed by atoms with E-state index in [1.807, 2.05) is 0 Å². The molecule has 0 fully saturated rings. The lowest BCUT2D eigenvalue weighted by molar-refractivity contribution is -0.140. The van der Waals surface area contributed by atoms with Crippen LogP contribution >= 0.6 is 0 Å². The van der Waals surface area contributed by atoms with Crippen LogP contribution in [0, 0.1) is 0 Å². The summed E-state index contributed by atoms with van der Waals surface area (Å²) in [6.07, 6.45) is 3.81. The van der Waals surface area contributed by atoms with E-state index in [1.165, 1.54) is 7.11 Å². The van der Waals surface area contributed by atoms with Gasteiger partial charge in [0.05, 0.1) is 15.5 Å². The minimum Gasteiger partial charge on any atom is -0.469 e. The zero-order valence-electron chi connectivity index (χ0n) is 6.14. The van der Waals surface area contributed by atoms with E-state index in [1.54, 1.807) is 0 Å². The van der Waals surface area contributed by atoms with Crippen LogP contribution in [-0.4, -0.2) is 21.5 Å². The summed E-state index contributed by atoms with van der Waals surface area (Å²) in [5, 5.41) is 0. The Hall–Kier alpha value is -0.465. The third-order valence-electron chi connectivity index (χ3n) is 1.21. The summed E-state index contributed by atoms with van der Waals surface area (Å²) in [7, 11) is 1.42. The van der Waals surface area contributed by atoms with Gasteiger partial charge in [-0.15, -0.1) is 0 Å². The molecular weight excluding hydrogens is 127 g/mol. The number of unbranched alkanes of at least 4 members (excludes halogenated alkanes) is 2. The minimum atomic E-state index is -0.0940. The zero-order valence-corrected chi connectivity index (χ0v) is 6.14. The van der Waals surface area contributed by atoms with Crippen molar-refractivity contribution in [2.45, 2.75) is 32.6 Å². The lowest BCUT2D eigenvalue weighted by atomic mass is 10.2. The Morgan fingerprint density at radius 3 is 2.40 bits per heavy atom. The number of hydrogen-bond acceptors (Lipinski definition) is 2. The molecule has 0 aromatic rings. The number of methoxy groups -OCH3 is 1. The van der Waals surface area contributed by atoms with Gasteiger partial charge >= 0.3 is 5.97 Å². The molecule has 60 valence electrons. The second-order valence-electron chi connectivity index (χ2n) is 2.03. The van der Waals surface area contributed by atoms with Crippen molar-refractivity contribution in [1.82, 2.24) is 0 Å². The maximum absolute atomic E-state index is 10.5. The third kappa shape index (κ3) is 7.53. The largest absolute Gasteiger partial charge is 0.469 e. The summed E-state index contributed by atoms with van der Waals surface area (Å²) >= 11 is 0. The summed E-state index contributed by atoms with van der Waals surface area (Å²) in [4.78, 5) is 10.5. The molecule has 3 heteroatoms. The van der Waals surface area contributed by atoms with Crippen molar-refractivity contribution in [3.8, 4) is 0 Å². The van der Waals surface area contributed by atoms with Gasteiger partial charge in [0, 0.05) is 6.42 Å². The Kier molecular flexibility index (Phi) is 10.4. The average molecular weight is 144 g/mol. The molecule has 10 heavy (non-hydrogen) atoms. The summed E-state index contributed by atoms with van der Waals surface area (Å²) in [6.45, 7) is 2.11. The maximum Gasteiger partial charge on any atom is 0.305 e. The van der Waals surface area contributed by atoms with Crippen LogP contribution in [0.15, 0.2) is 0 Å². The monoisotopic (exact) mass is 144 g/mol. The first-order valence-electron chi connectivity index (χ1n) is 3.38. The van der Waals surface area contributed by atoms with E-state index in [0.717, 1.165) is 19.3 Å². The van der Waals surface area contributed by atoms with E-state index < -0.39 is 0 Å². The van der Waals surface area contributed by atoms with Crippen molar-refractivity contribution in [2.24, 2.45) is 0 Å². The number of esters is 1. The van der Waals surface area contributed by atoms with Gasteiger partial charge in [0.15, 0.2) is 0 Å². The molecule has 0 radical (unpaired) electrons. The van der Waals surface area contributed by atoms with Crippen LogP contribution < -0.4 is 0 Å². The summed E-state index contributed by atoms with van der Waals surface area (Å²) in [6, 6.07) is 0. The lowest BCUT2D eigenvalue weighted by Gasteiger charge is -1.95. The predicted octanol–water partition coefficient (Wildman–Crippen LogP) is 0.556. The number of ether oxygens (including phenoxy) is 1. The molecule has 0 unspecified atom stereocenters. The standard InChI is InChI=1S/C7H14O2.BH3/c1-3-4-5-6-7(8)9-2;/h3-6H2,1-2H3;1H3. The van der Waals surface area contributed by atoms with Gasteiger partial charge < -0.3 is 4.74 Å². The highest BCUT2D eigenvalue weighted by atomic mass is 16.5. The molecule has 0 saturated heterocycles. The van der Waals surface area contributed by atoms with Crippen molar-refractivity contribution in [1.29, 1.82) is 0 Å². The highest BCUT2D eigenvalue weighted by Crippen LogP contribution is 1.98. The smallest absolute Gasteiger partial charge is 0.305 e. The van der Waals surface area contributed by atoms with Gasteiger partial charge in [-0.05, 0) is 6.42 Å². The molecule has 0 aliphatic heterocycles. The molecule has 0 rings (SSSR count). The number of hydrogen-bond donors (Lipinski definition) is 0. The van der Waals surface area contributed by atoms with Crippen LogP contribution in [0.1, 0.15) is 32.6 Å². The summed E-state index contributed by atoms with van der Waals surface area (Å²) < 4.78 is 4.46. The molecule has 0 spiro atoms. The second-order valence-corrected chi connectivity index (χ2v) is 2.03. The van der Waals surface area contributed by atoms with Crippen molar-refractivity contribution in [2.75, 3.05) is 7.11 Å². The van der Waals surface area contributed by atoms with Crippen LogP contribution in [0.5, 0.6) is 0 Å². The first kappa shape index (κ1) is 12.2. The van der Waals surface area contributed by atoms with E-state index in [0.29, 0.717) is 6.42 Å². The molecule has 0 heterocycles. The molecule has 0 aromatic carbocycles. The van der Waals surface area contributed by atoms with Gasteiger partial charge in [-0.25, -0.2) is 0 Å². The Labute approximate surface area is 64.5 Å². The van der Waals surface area contributed by atoms with E-state index in [2.05, 4.69) is 11.7 Å². The molecule has 0 amide bonds. The molecule has 0 N–H and O–H groups in total. The molecule has 0 aliphatic carbocycles. The fraction of sp³-hybridized carbons (Fsp3) is 0.857. The van der Waals surface area contributed by atoms with E-state index in [4.69, 9.17) is 0 Å². The van der Waals surface area contributed by atoms with Crippen LogP contribution in [0.3, 0.4) is 0 Å². The highest BCUT2D eigenvalue weighted by Gasteiger charge is 1.96. The van der Waals surface area contributed by atoms with Crippen molar-refractivity contribution < 1.29 is 9.53 Å². The SMILES string of the molecule is B.CCCCCC(=O)OC. The van der Waals surface area contributed by atoms with E-state index >= 15 is 0 Å². The quantitative estimate of drug-likeness (QED) is 0.327. The van der Waals surface area contributed by atoms with Crippen LogP contribution in [0.2, 0.25) is 0 Å². The highest BCUT2D eigenvalue weighted by molar-refractivity contribution is 5.75. The van der Waals surface area contributed by atoms with Gasteiger partial charge in [0.25, 0.3) is 0 Å². The topological polar surface area (TPSA) is 26.3 Å². The Morgan fingerprint density at radius 1 is 1.40 bits per heavy atom. The average Bonchev–Trinajstić information content (AvgIpc) is 1.89. The summed E-state index contributed by atoms with van der Waals surface area (Å²) in [5.74, 6) is -0.0940. The Bertz CT molecular complexity index is 83.7. The summed E-state index contributed by atoms with van der Waals surface area (Å²) in [5.41, 5.74) is 0. The molecule has 0 saturated carbocycles. The molecule has 2 nitrogen and oxygen atoms in total. The molecule has 0 bridgehead atoms. The molecular formula is C7H17BO2.